The molecule has 3 amide bonds. The normalized spacial score (nSPS) is 10.4. The Balaban J connectivity index is 1.56. The van der Waals surface area contributed by atoms with Crippen LogP contribution in [0.3, 0.4) is 0 Å². The van der Waals surface area contributed by atoms with Crippen molar-refractivity contribution in [3.8, 4) is 0 Å². The van der Waals surface area contributed by atoms with E-state index in [9.17, 15) is 14.4 Å². The van der Waals surface area contributed by atoms with Crippen LogP contribution in [0.4, 0.5) is 17.1 Å². The van der Waals surface area contributed by atoms with Gasteiger partial charge in [-0.05, 0) is 61.4 Å². The van der Waals surface area contributed by atoms with Crippen molar-refractivity contribution in [3.05, 3.63) is 78.3 Å². The van der Waals surface area contributed by atoms with Gasteiger partial charge in [-0.15, -0.1) is 0 Å². The van der Waals surface area contributed by atoms with Gasteiger partial charge in [0.15, 0.2) is 5.76 Å². The summed E-state index contributed by atoms with van der Waals surface area (Å²) in [6.45, 7) is 5.51. The summed E-state index contributed by atoms with van der Waals surface area (Å²) in [6, 6.07) is 17.2. The van der Waals surface area contributed by atoms with E-state index in [0.717, 1.165) is 12.8 Å². The van der Waals surface area contributed by atoms with E-state index in [4.69, 9.17) is 4.42 Å². The maximum absolute atomic E-state index is 12.8. The first-order valence-corrected chi connectivity index (χ1v) is 11.4. The van der Waals surface area contributed by atoms with Crippen LogP contribution in [-0.4, -0.2) is 42.3 Å². The molecule has 1 heterocycles. The van der Waals surface area contributed by atoms with Crippen LogP contribution in [-0.2, 0) is 4.79 Å². The van der Waals surface area contributed by atoms with Gasteiger partial charge >= 0.3 is 0 Å². The fraction of sp³-hybridized carbons (Fsp3) is 0.269. The monoisotopic (exact) mass is 462 g/mol. The number of carbonyl (C=O) groups is 3. The molecule has 34 heavy (non-hydrogen) atoms. The van der Waals surface area contributed by atoms with Gasteiger partial charge in [0, 0.05) is 35.7 Å². The number of nitrogens with one attached hydrogen (secondary N) is 3. The third-order valence-corrected chi connectivity index (χ3v) is 4.99. The molecule has 0 aliphatic heterocycles. The van der Waals surface area contributed by atoms with E-state index in [1.807, 2.05) is 18.7 Å². The van der Waals surface area contributed by atoms with Crippen molar-refractivity contribution < 1.29 is 18.8 Å². The van der Waals surface area contributed by atoms with Crippen LogP contribution in [0.25, 0.3) is 0 Å². The van der Waals surface area contributed by atoms with E-state index in [0.29, 0.717) is 35.7 Å². The predicted molar refractivity (Wildman–Crippen MR) is 133 cm³/mol. The highest BCUT2D eigenvalue weighted by Crippen LogP contribution is 2.17. The van der Waals surface area contributed by atoms with Gasteiger partial charge < -0.3 is 25.3 Å². The summed E-state index contributed by atoms with van der Waals surface area (Å²) < 4.78 is 5.09. The molecule has 0 aliphatic rings. The summed E-state index contributed by atoms with van der Waals surface area (Å²) in [5.74, 6) is -0.434. The third kappa shape index (κ3) is 6.96. The molecule has 3 rings (SSSR count). The zero-order valence-electron chi connectivity index (χ0n) is 19.5. The van der Waals surface area contributed by atoms with E-state index >= 15 is 0 Å². The van der Waals surface area contributed by atoms with Gasteiger partial charge in [0.2, 0.25) is 5.91 Å². The average Bonchev–Trinajstić information content (AvgIpc) is 3.38. The van der Waals surface area contributed by atoms with Crippen molar-refractivity contribution in [3.63, 3.8) is 0 Å². The quantitative estimate of drug-likeness (QED) is 0.378. The van der Waals surface area contributed by atoms with Crippen LogP contribution in [0.2, 0.25) is 0 Å². The number of hydrogen-bond acceptors (Lipinski definition) is 5. The molecule has 0 spiro atoms. The molecule has 3 aromatic rings. The minimum atomic E-state index is -0.356. The number of amides is 3. The maximum Gasteiger partial charge on any atom is 0.291 e. The molecule has 0 bridgehead atoms. The second-order valence-electron chi connectivity index (χ2n) is 7.79. The Morgan fingerprint density at radius 3 is 2.18 bits per heavy atom. The lowest BCUT2D eigenvalue weighted by Gasteiger charge is -2.21. The van der Waals surface area contributed by atoms with Crippen LogP contribution in [0, 0.1) is 0 Å². The van der Waals surface area contributed by atoms with E-state index in [1.54, 1.807) is 60.7 Å². The Labute approximate surface area is 199 Å². The fourth-order valence-corrected chi connectivity index (χ4v) is 3.46. The van der Waals surface area contributed by atoms with Crippen molar-refractivity contribution in [1.82, 2.24) is 4.90 Å². The maximum atomic E-state index is 12.8. The van der Waals surface area contributed by atoms with Gasteiger partial charge in [-0.25, -0.2) is 0 Å². The first-order chi connectivity index (χ1) is 16.5. The Morgan fingerprint density at radius 1 is 0.824 bits per heavy atom. The minimum Gasteiger partial charge on any atom is -0.459 e. The largest absolute Gasteiger partial charge is 0.459 e. The van der Waals surface area contributed by atoms with Crippen molar-refractivity contribution in [2.24, 2.45) is 0 Å². The van der Waals surface area contributed by atoms with Crippen LogP contribution in [0.15, 0.2) is 71.3 Å². The molecule has 178 valence electrons. The highest BCUT2D eigenvalue weighted by atomic mass is 16.3. The summed E-state index contributed by atoms with van der Waals surface area (Å²) >= 11 is 0. The van der Waals surface area contributed by atoms with Gasteiger partial charge in [0.1, 0.15) is 0 Å². The van der Waals surface area contributed by atoms with Crippen LogP contribution in [0.1, 0.15) is 47.6 Å². The topological polar surface area (TPSA) is 104 Å². The van der Waals surface area contributed by atoms with Gasteiger partial charge in [0.05, 0.1) is 12.8 Å². The van der Waals surface area contributed by atoms with Crippen LogP contribution in [0.5, 0.6) is 0 Å². The molecule has 0 radical (unpaired) electrons. The number of anilines is 3. The van der Waals surface area contributed by atoms with Crippen molar-refractivity contribution in [1.29, 1.82) is 0 Å². The molecular formula is C26H30N4O4. The van der Waals surface area contributed by atoms with E-state index in [2.05, 4.69) is 16.0 Å². The van der Waals surface area contributed by atoms with Crippen molar-refractivity contribution in [2.45, 2.75) is 26.7 Å². The van der Waals surface area contributed by atoms with Gasteiger partial charge in [-0.1, -0.05) is 26.0 Å². The SMILES string of the molecule is CCCN(CCC)C(=O)c1cccc(NC(=O)CNc2cccc(NC(=O)c3ccco3)c2)c1. The molecule has 2 aromatic carbocycles. The van der Waals surface area contributed by atoms with Gasteiger partial charge in [-0.2, -0.15) is 0 Å². The smallest absolute Gasteiger partial charge is 0.291 e. The lowest BCUT2D eigenvalue weighted by molar-refractivity contribution is -0.114. The summed E-state index contributed by atoms with van der Waals surface area (Å²) in [6.07, 6.45) is 3.21. The third-order valence-electron chi connectivity index (χ3n) is 4.99. The van der Waals surface area contributed by atoms with Crippen molar-refractivity contribution >= 4 is 34.8 Å². The summed E-state index contributed by atoms with van der Waals surface area (Å²) in [5, 5.41) is 8.61. The molecule has 0 saturated heterocycles. The highest BCUT2D eigenvalue weighted by Gasteiger charge is 2.15. The zero-order chi connectivity index (χ0) is 24.3. The van der Waals surface area contributed by atoms with E-state index in [-0.39, 0.29) is 30.0 Å². The highest BCUT2D eigenvalue weighted by molar-refractivity contribution is 6.02. The standard InChI is InChI=1S/C26H30N4O4/c1-3-13-30(14-4-2)26(33)19-8-5-10-21(16-19)28-24(31)18-27-20-9-6-11-22(17-20)29-25(32)23-12-7-15-34-23/h5-12,15-17,27H,3-4,13-14,18H2,1-2H3,(H,28,31)(H,29,32). The van der Waals surface area contributed by atoms with Crippen molar-refractivity contribution in [2.75, 3.05) is 35.6 Å². The molecular weight excluding hydrogens is 432 g/mol. The Morgan fingerprint density at radius 2 is 1.50 bits per heavy atom. The Bertz CT molecular complexity index is 1110. The molecule has 1 aromatic heterocycles. The predicted octanol–water partition coefficient (Wildman–Crippen LogP) is 4.84. The molecule has 0 unspecified atom stereocenters. The van der Waals surface area contributed by atoms with E-state index < -0.39 is 0 Å². The first-order valence-electron chi connectivity index (χ1n) is 11.4. The number of hydrogen-bond donors (Lipinski definition) is 3. The second kappa shape index (κ2) is 12.2. The van der Waals surface area contributed by atoms with Crippen LogP contribution < -0.4 is 16.0 Å². The molecule has 0 aliphatic carbocycles. The number of nitrogens with zero attached hydrogens (tertiary/aromatic N) is 1. The molecule has 0 atom stereocenters. The van der Waals surface area contributed by atoms with Gasteiger partial charge in [0.25, 0.3) is 11.8 Å². The second-order valence-corrected chi connectivity index (χ2v) is 7.79. The number of furan rings is 1. The summed E-state index contributed by atoms with van der Waals surface area (Å²) in [4.78, 5) is 39.3. The number of carbonyl (C=O) groups excluding carboxylic acids is 3. The average molecular weight is 463 g/mol. The molecule has 0 fully saturated rings. The van der Waals surface area contributed by atoms with Crippen LogP contribution >= 0.6 is 0 Å². The summed E-state index contributed by atoms with van der Waals surface area (Å²) in [5.41, 5.74) is 2.35. The Kier molecular flexibility index (Phi) is 8.85. The molecule has 8 nitrogen and oxygen atoms in total. The fourth-order valence-electron chi connectivity index (χ4n) is 3.46. The minimum absolute atomic E-state index is 0.0194. The van der Waals surface area contributed by atoms with Gasteiger partial charge in [-0.3, -0.25) is 14.4 Å². The Hall–Kier alpha value is -4.07. The number of benzene rings is 2. The summed E-state index contributed by atoms with van der Waals surface area (Å²) in [7, 11) is 0. The zero-order valence-corrected chi connectivity index (χ0v) is 19.5. The molecule has 8 heteroatoms. The lowest BCUT2D eigenvalue weighted by Crippen LogP contribution is -2.32. The molecule has 3 N–H and O–H groups in total. The van der Waals surface area contributed by atoms with E-state index in [1.165, 1.54) is 6.26 Å². The number of rotatable bonds is 11. The lowest BCUT2D eigenvalue weighted by atomic mass is 10.1. The first kappa shape index (κ1) is 24.6. The molecule has 0 saturated carbocycles.